The number of amides is 2. The van der Waals surface area contributed by atoms with E-state index in [9.17, 15) is 32.3 Å². The van der Waals surface area contributed by atoms with Crippen molar-refractivity contribution in [3.63, 3.8) is 0 Å². The van der Waals surface area contributed by atoms with Gasteiger partial charge >= 0.3 is 5.97 Å². The number of aliphatic carboxylic acids is 1. The molecule has 1 aliphatic rings. The number of halogens is 1. The van der Waals surface area contributed by atoms with Crippen LogP contribution in [0.15, 0.2) is 46.0 Å². The molecule has 1 aromatic heterocycles. The number of carboxylic acid groups (broad SMARTS) is 1. The van der Waals surface area contributed by atoms with Gasteiger partial charge in [-0.05, 0) is 29.1 Å². The van der Waals surface area contributed by atoms with Crippen LogP contribution in [-0.4, -0.2) is 59.8 Å². The van der Waals surface area contributed by atoms with E-state index in [-0.39, 0.29) is 17.3 Å². The van der Waals surface area contributed by atoms with Crippen LogP contribution >= 0.6 is 11.3 Å². The number of hydrogen-bond acceptors (Lipinski definition) is 6. The minimum absolute atomic E-state index is 0.0121. The summed E-state index contributed by atoms with van der Waals surface area (Å²) in [4.78, 5) is 37.7. The Kier molecular flexibility index (Phi) is 6.72. The van der Waals surface area contributed by atoms with Gasteiger partial charge in [-0.15, -0.1) is 11.3 Å². The molecule has 9 nitrogen and oxygen atoms in total. The molecule has 0 spiro atoms. The first-order valence-electron chi connectivity index (χ1n) is 9.21. The Bertz CT molecular complexity index is 1070. The number of thiophene rings is 1. The molecule has 1 aliphatic heterocycles. The molecule has 1 aromatic carbocycles. The van der Waals surface area contributed by atoms with Crippen molar-refractivity contribution < 1.29 is 32.3 Å². The van der Waals surface area contributed by atoms with E-state index in [0.717, 1.165) is 32.7 Å². The predicted octanol–water partition coefficient (Wildman–Crippen LogP) is 1.40. The summed E-state index contributed by atoms with van der Waals surface area (Å²) in [5, 5.41) is 13.3. The second-order valence-corrected chi connectivity index (χ2v) is 9.91. The van der Waals surface area contributed by atoms with Crippen LogP contribution in [0.3, 0.4) is 0 Å². The highest BCUT2D eigenvalue weighted by atomic mass is 32.2. The molecule has 1 fully saturated rings. The van der Waals surface area contributed by atoms with Crippen LogP contribution in [-0.2, 0) is 24.4 Å². The molecular weight excluding hydrogens is 449 g/mol. The van der Waals surface area contributed by atoms with Crippen molar-refractivity contribution >= 4 is 39.1 Å². The third-order valence-corrected chi connectivity index (χ3v) is 8.02. The maximum Gasteiger partial charge on any atom is 0.305 e. The fourth-order valence-corrected chi connectivity index (χ4v) is 6.02. The summed E-state index contributed by atoms with van der Waals surface area (Å²) >= 11 is 0.983. The van der Waals surface area contributed by atoms with E-state index >= 15 is 0 Å². The monoisotopic (exact) mass is 469 g/mol. The van der Waals surface area contributed by atoms with Crippen molar-refractivity contribution in [3.8, 4) is 0 Å². The van der Waals surface area contributed by atoms with Crippen molar-refractivity contribution in [2.24, 2.45) is 0 Å². The maximum atomic E-state index is 13.3. The van der Waals surface area contributed by atoms with Crippen LogP contribution in [0.4, 0.5) is 4.39 Å². The molecule has 2 atom stereocenters. The van der Waals surface area contributed by atoms with E-state index in [1.165, 1.54) is 25.1 Å². The molecular formula is C19H20FN3O6S2. The Labute approximate surface area is 182 Å². The van der Waals surface area contributed by atoms with E-state index in [1.807, 2.05) is 0 Å². The number of hydrogen-bond donors (Lipinski definition) is 2. The smallest absolute Gasteiger partial charge is 0.305 e. The van der Waals surface area contributed by atoms with Gasteiger partial charge in [-0.25, -0.2) is 12.8 Å². The van der Waals surface area contributed by atoms with Gasteiger partial charge in [0.05, 0.1) is 12.5 Å². The van der Waals surface area contributed by atoms with Crippen LogP contribution in [0.1, 0.15) is 24.9 Å². The van der Waals surface area contributed by atoms with Crippen molar-refractivity contribution in [3.05, 3.63) is 53.2 Å². The van der Waals surface area contributed by atoms with E-state index < -0.39 is 52.3 Å². The number of benzene rings is 1. The number of carbonyl (C=O) groups excluding carboxylic acids is 2. The van der Waals surface area contributed by atoms with Crippen molar-refractivity contribution in [2.75, 3.05) is 13.1 Å². The topological polar surface area (TPSA) is 124 Å². The number of nitrogens with one attached hydrogen (secondary N) is 1. The Balaban J connectivity index is 1.93. The normalized spacial score (nSPS) is 18.0. The van der Waals surface area contributed by atoms with Crippen molar-refractivity contribution in [2.45, 2.75) is 29.8 Å². The zero-order valence-corrected chi connectivity index (χ0v) is 18.0. The van der Waals surface area contributed by atoms with E-state index in [2.05, 4.69) is 5.32 Å². The van der Waals surface area contributed by atoms with Crippen molar-refractivity contribution in [1.82, 2.24) is 14.5 Å². The van der Waals surface area contributed by atoms with Crippen molar-refractivity contribution in [1.29, 1.82) is 0 Å². The number of carbonyl (C=O) groups is 3. The number of rotatable bonds is 7. The van der Waals surface area contributed by atoms with Crippen LogP contribution < -0.4 is 5.32 Å². The maximum absolute atomic E-state index is 13.3. The predicted molar refractivity (Wildman–Crippen MR) is 109 cm³/mol. The Morgan fingerprint density at radius 3 is 2.45 bits per heavy atom. The summed E-state index contributed by atoms with van der Waals surface area (Å²) in [6.07, 6.45) is -1.98. The van der Waals surface area contributed by atoms with Gasteiger partial charge in [0.15, 0.2) is 6.17 Å². The summed E-state index contributed by atoms with van der Waals surface area (Å²) in [5.41, 5.74) is 0.331. The summed E-state index contributed by atoms with van der Waals surface area (Å²) in [7, 11) is -4.05. The molecule has 2 heterocycles. The second-order valence-electron chi connectivity index (χ2n) is 6.84. The minimum atomic E-state index is -4.05. The molecule has 2 amide bonds. The molecule has 0 aliphatic carbocycles. The highest BCUT2D eigenvalue weighted by molar-refractivity contribution is 7.91. The molecule has 0 radical (unpaired) electrons. The van der Waals surface area contributed by atoms with Crippen LogP contribution in [0, 0.1) is 5.82 Å². The summed E-state index contributed by atoms with van der Waals surface area (Å²) < 4.78 is 40.3. The second kappa shape index (κ2) is 9.12. The molecule has 2 unspecified atom stereocenters. The van der Waals surface area contributed by atoms with Gasteiger partial charge in [0.1, 0.15) is 10.0 Å². The lowest BCUT2D eigenvalue weighted by molar-refractivity contribution is -0.141. The first-order valence-corrected chi connectivity index (χ1v) is 11.5. The third kappa shape index (κ3) is 4.92. The fourth-order valence-electron chi connectivity index (χ4n) is 3.35. The van der Waals surface area contributed by atoms with E-state index in [0.29, 0.717) is 5.56 Å². The SMILES string of the molecule is CC(=O)N1CCN(S(=O)(=O)c2cccs2)C1C(=O)NC(CC(=O)O)c1ccc(F)cc1. The molecule has 1 saturated heterocycles. The van der Waals surface area contributed by atoms with Gasteiger partial charge in [0.2, 0.25) is 5.91 Å². The van der Waals surface area contributed by atoms with Gasteiger partial charge in [-0.2, -0.15) is 4.31 Å². The van der Waals surface area contributed by atoms with Gasteiger partial charge in [-0.3, -0.25) is 14.4 Å². The molecule has 166 valence electrons. The molecule has 3 rings (SSSR count). The third-order valence-electron chi connectivity index (χ3n) is 4.79. The van der Waals surface area contributed by atoms with Crippen LogP contribution in [0.2, 0.25) is 0 Å². The Morgan fingerprint density at radius 2 is 1.90 bits per heavy atom. The zero-order valence-electron chi connectivity index (χ0n) is 16.4. The summed E-state index contributed by atoms with van der Waals surface area (Å²) in [5.74, 6) is -3.09. The van der Waals surface area contributed by atoms with Gasteiger partial charge in [0, 0.05) is 20.0 Å². The molecule has 2 aromatic rings. The summed E-state index contributed by atoms with van der Waals surface area (Å²) in [6, 6.07) is 6.83. The number of nitrogens with zero attached hydrogens (tertiary/aromatic N) is 2. The lowest BCUT2D eigenvalue weighted by Gasteiger charge is -2.29. The van der Waals surface area contributed by atoms with Gasteiger partial charge < -0.3 is 15.3 Å². The van der Waals surface area contributed by atoms with E-state index in [1.54, 1.807) is 11.4 Å². The van der Waals surface area contributed by atoms with Gasteiger partial charge in [-0.1, -0.05) is 18.2 Å². The molecule has 31 heavy (non-hydrogen) atoms. The first kappa shape index (κ1) is 22.8. The van der Waals surface area contributed by atoms with E-state index in [4.69, 9.17) is 0 Å². The number of carboxylic acids is 1. The Morgan fingerprint density at radius 1 is 1.23 bits per heavy atom. The fraction of sp³-hybridized carbons (Fsp3) is 0.316. The average molecular weight is 470 g/mol. The minimum Gasteiger partial charge on any atom is -0.481 e. The molecule has 0 bridgehead atoms. The summed E-state index contributed by atoms with van der Waals surface area (Å²) in [6.45, 7) is 1.15. The number of sulfonamides is 1. The van der Waals surface area contributed by atoms with Gasteiger partial charge in [0.25, 0.3) is 15.9 Å². The molecule has 0 saturated carbocycles. The molecule has 12 heteroatoms. The quantitative estimate of drug-likeness (QED) is 0.632. The standard InChI is InChI=1S/C19H20FN3O6S2/c1-12(24)22-8-9-23(31(28,29)17-3-2-10-30-17)19(22)18(27)21-15(11-16(25)26)13-4-6-14(20)7-5-13/h2-7,10,15,19H,8-9,11H2,1H3,(H,21,27)(H,25,26). The van der Waals surface area contributed by atoms with Crippen LogP contribution in [0.25, 0.3) is 0 Å². The lowest BCUT2D eigenvalue weighted by Crippen LogP contribution is -2.53. The molecule has 2 N–H and O–H groups in total. The van der Waals surface area contributed by atoms with Crippen LogP contribution in [0.5, 0.6) is 0 Å². The first-order chi connectivity index (χ1) is 14.6. The largest absolute Gasteiger partial charge is 0.481 e. The highest BCUT2D eigenvalue weighted by Crippen LogP contribution is 2.28. The highest BCUT2D eigenvalue weighted by Gasteiger charge is 2.46. The average Bonchev–Trinajstić information content (AvgIpc) is 3.38. The zero-order chi connectivity index (χ0) is 22.8. The Hall–Kier alpha value is -2.83. The lowest BCUT2D eigenvalue weighted by atomic mass is 10.0.